The van der Waals surface area contributed by atoms with E-state index in [4.69, 9.17) is 14.2 Å². The molecule has 3 rings (SSSR count). The summed E-state index contributed by atoms with van der Waals surface area (Å²) < 4.78 is 30.0. The molecule has 0 amide bonds. The van der Waals surface area contributed by atoms with Gasteiger partial charge >= 0.3 is 0 Å². The maximum absolute atomic E-state index is 13.0. The molecule has 0 fully saturated rings. The van der Waals surface area contributed by atoms with Crippen LogP contribution in [-0.4, -0.2) is 19.5 Å². The van der Waals surface area contributed by atoms with Gasteiger partial charge in [0.05, 0.1) is 13.7 Å². The third-order valence-electron chi connectivity index (χ3n) is 4.39. The Bertz CT molecular complexity index is 1030. The highest BCUT2D eigenvalue weighted by atomic mass is 19.1. The van der Waals surface area contributed by atoms with E-state index < -0.39 is 0 Å². The van der Waals surface area contributed by atoms with E-state index in [1.54, 1.807) is 13.2 Å². The van der Waals surface area contributed by atoms with Crippen molar-refractivity contribution < 1.29 is 23.4 Å². The van der Waals surface area contributed by atoms with Crippen molar-refractivity contribution in [3.05, 3.63) is 95.3 Å². The van der Waals surface area contributed by atoms with Gasteiger partial charge in [-0.1, -0.05) is 24.3 Å². The molecule has 0 aliphatic carbocycles. The summed E-state index contributed by atoms with van der Waals surface area (Å²) in [6.45, 7) is 2.75. The lowest BCUT2D eigenvalue weighted by Crippen LogP contribution is -2.01. The number of ketones is 1. The monoisotopic (exact) mass is 406 g/mol. The number of halogens is 1. The molecule has 3 aromatic rings. The summed E-state index contributed by atoms with van der Waals surface area (Å²) in [5, 5.41) is 0. The van der Waals surface area contributed by atoms with Gasteiger partial charge in [0, 0.05) is 11.1 Å². The molecule has 0 N–H and O–H groups in total. The van der Waals surface area contributed by atoms with Crippen molar-refractivity contribution >= 4 is 11.9 Å². The number of benzene rings is 3. The average Bonchev–Trinajstić information content (AvgIpc) is 2.77. The zero-order valence-electron chi connectivity index (χ0n) is 16.9. The van der Waals surface area contributed by atoms with E-state index in [-0.39, 0.29) is 18.2 Å². The van der Waals surface area contributed by atoms with Gasteiger partial charge in [-0.15, -0.1) is 0 Å². The van der Waals surface area contributed by atoms with Crippen molar-refractivity contribution in [3.63, 3.8) is 0 Å². The Balaban J connectivity index is 1.75. The highest BCUT2D eigenvalue weighted by Crippen LogP contribution is 2.29. The average molecular weight is 406 g/mol. The molecular weight excluding hydrogens is 383 g/mol. The number of allylic oxidation sites excluding steroid dienone is 1. The molecular formula is C25H23FO4. The molecule has 0 saturated heterocycles. The zero-order valence-corrected chi connectivity index (χ0v) is 16.9. The van der Waals surface area contributed by atoms with Crippen molar-refractivity contribution in [2.75, 3.05) is 13.7 Å². The smallest absolute Gasteiger partial charge is 0.185 e. The number of carbonyl (C=O) groups excluding carboxylic acids is 1. The number of hydrogen-bond acceptors (Lipinski definition) is 4. The molecule has 0 unspecified atom stereocenters. The second kappa shape index (κ2) is 10.3. The van der Waals surface area contributed by atoms with Crippen LogP contribution in [0.15, 0.2) is 72.8 Å². The van der Waals surface area contributed by atoms with E-state index in [0.29, 0.717) is 29.4 Å². The summed E-state index contributed by atoms with van der Waals surface area (Å²) in [7, 11) is 1.60. The number of ether oxygens (including phenoxy) is 3. The first-order chi connectivity index (χ1) is 14.6. The van der Waals surface area contributed by atoms with Gasteiger partial charge in [-0.05, 0) is 67.1 Å². The van der Waals surface area contributed by atoms with E-state index in [0.717, 1.165) is 11.1 Å². The Morgan fingerprint density at radius 2 is 1.63 bits per heavy atom. The molecule has 0 heterocycles. The Labute approximate surface area is 175 Å². The molecule has 0 bridgehead atoms. The van der Waals surface area contributed by atoms with E-state index in [2.05, 4.69) is 0 Å². The second-order valence-corrected chi connectivity index (χ2v) is 6.44. The van der Waals surface area contributed by atoms with E-state index in [1.165, 1.54) is 30.3 Å². The van der Waals surface area contributed by atoms with Gasteiger partial charge in [-0.25, -0.2) is 4.39 Å². The minimum atomic E-state index is -0.374. The van der Waals surface area contributed by atoms with Crippen LogP contribution in [0, 0.1) is 5.82 Å². The van der Waals surface area contributed by atoms with Gasteiger partial charge in [0.1, 0.15) is 18.2 Å². The van der Waals surface area contributed by atoms with Crippen LogP contribution in [0.4, 0.5) is 4.39 Å². The molecule has 30 heavy (non-hydrogen) atoms. The summed E-state index contributed by atoms with van der Waals surface area (Å²) in [4.78, 5) is 12.3. The maximum atomic E-state index is 13.0. The van der Waals surface area contributed by atoms with Crippen LogP contribution in [0.3, 0.4) is 0 Å². The molecule has 5 heteroatoms. The number of carbonyl (C=O) groups is 1. The highest BCUT2D eigenvalue weighted by molar-refractivity contribution is 6.06. The van der Waals surface area contributed by atoms with Crippen LogP contribution in [0.5, 0.6) is 17.2 Å². The van der Waals surface area contributed by atoms with E-state index in [1.807, 2.05) is 49.4 Å². The third kappa shape index (κ3) is 5.47. The largest absolute Gasteiger partial charge is 0.496 e. The lowest BCUT2D eigenvalue weighted by Gasteiger charge is -2.14. The number of methoxy groups -OCH3 is 1. The number of hydrogen-bond donors (Lipinski definition) is 0. The van der Waals surface area contributed by atoms with Crippen LogP contribution < -0.4 is 14.2 Å². The minimum Gasteiger partial charge on any atom is -0.496 e. The fraction of sp³-hybridized carbons (Fsp3) is 0.160. The lowest BCUT2D eigenvalue weighted by molar-refractivity contribution is 0.104. The Hall–Kier alpha value is -3.60. The summed E-state index contributed by atoms with van der Waals surface area (Å²) in [6, 6.07) is 18.5. The van der Waals surface area contributed by atoms with Crippen LogP contribution in [0.25, 0.3) is 6.08 Å². The van der Waals surface area contributed by atoms with Crippen molar-refractivity contribution in [3.8, 4) is 17.2 Å². The van der Waals surface area contributed by atoms with Crippen molar-refractivity contribution in [1.82, 2.24) is 0 Å². The predicted molar refractivity (Wildman–Crippen MR) is 115 cm³/mol. The van der Waals surface area contributed by atoms with Crippen LogP contribution in [0.1, 0.15) is 28.4 Å². The highest BCUT2D eigenvalue weighted by Gasteiger charge is 2.09. The summed E-state index contributed by atoms with van der Waals surface area (Å²) in [6.07, 6.45) is 3.17. The lowest BCUT2D eigenvalue weighted by atomic mass is 10.1. The molecule has 154 valence electrons. The van der Waals surface area contributed by atoms with Crippen molar-refractivity contribution in [2.45, 2.75) is 13.5 Å². The maximum Gasteiger partial charge on any atom is 0.185 e. The van der Waals surface area contributed by atoms with Crippen molar-refractivity contribution in [1.29, 1.82) is 0 Å². The topological polar surface area (TPSA) is 44.8 Å². The quantitative estimate of drug-likeness (QED) is 0.337. The van der Waals surface area contributed by atoms with Gasteiger partial charge in [0.2, 0.25) is 0 Å². The van der Waals surface area contributed by atoms with Gasteiger partial charge in [-0.3, -0.25) is 4.79 Å². The molecule has 3 aromatic carbocycles. The molecule has 4 nitrogen and oxygen atoms in total. The molecule has 0 atom stereocenters. The first-order valence-electron chi connectivity index (χ1n) is 9.60. The second-order valence-electron chi connectivity index (χ2n) is 6.44. The number of para-hydroxylation sites is 2. The van der Waals surface area contributed by atoms with E-state index in [9.17, 15) is 9.18 Å². The Morgan fingerprint density at radius 3 is 2.30 bits per heavy atom. The predicted octanol–water partition coefficient (Wildman–Crippen LogP) is 5.71. The van der Waals surface area contributed by atoms with Gasteiger partial charge < -0.3 is 14.2 Å². The van der Waals surface area contributed by atoms with Crippen LogP contribution >= 0.6 is 0 Å². The minimum absolute atomic E-state index is 0.200. The van der Waals surface area contributed by atoms with Crippen LogP contribution in [-0.2, 0) is 6.61 Å². The van der Waals surface area contributed by atoms with Gasteiger partial charge in [0.25, 0.3) is 0 Å². The molecule has 0 aliphatic rings. The SMILES string of the molecule is CCOc1ccccc1OCc1cc(/C=C/C(=O)c2ccc(F)cc2)ccc1OC. The third-order valence-corrected chi connectivity index (χ3v) is 4.39. The van der Waals surface area contributed by atoms with Crippen molar-refractivity contribution in [2.24, 2.45) is 0 Å². The molecule has 0 spiro atoms. The molecule has 0 radical (unpaired) electrons. The van der Waals surface area contributed by atoms with E-state index >= 15 is 0 Å². The summed E-state index contributed by atoms with van der Waals surface area (Å²) >= 11 is 0. The fourth-order valence-corrected chi connectivity index (χ4v) is 2.90. The van der Waals surface area contributed by atoms with Gasteiger partial charge in [-0.2, -0.15) is 0 Å². The standard InChI is InChI=1S/C25H23FO4/c1-3-29-24-6-4-5-7-25(24)30-17-20-16-18(9-15-23(20)28-2)8-14-22(27)19-10-12-21(26)13-11-19/h4-16H,3,17H2,1-2H3/b14-8+. The molecule has 0 aromatic heterocycles. The Kier molecular flexibility index (Phi) is 7.22. The first-order valence-corrected chi connectivity index (χ1v) is 9.60. The normalized spacial score (nSPS) is 10.8. The zero-order chi connectivity index (χ0) is 21.3. The first kappa shape index (κ1) is 21.1. The summed E-state index contributed by atoms with van der Waals surface area (Å²) in [5.41, 5.74) is 2.08. The van der Waals surface area contributed by atoms with Gasteiger partial charge in [0.15, 0.2) is 17.3 Å². The fourth-order valence-electron chi connectivity index (χ4n) is 2.90. The van der Waals surface area contributed by atoms with Crippen LogP contribution in [0.2, 0.25) is 0 Å². The molecule has 0 aliphatic heterocycles. The summed E-state index contributed by atoms with van der Waals surface area (Å²) in [5.74, 6) is 1.44. The molecule has 0 saturated carbocycles. The number of rotatable bonds is 9. The Morgan fingerprint density at radius 1 is 0.933 bits per heavy atom.